The number of nitrogens with one attached hydrogen (secondary N) is 1. The third kappa shape index (κ3) is 3.56. The first-order chi connectivity index (χ1) is 9.59. The van der Waals surface area contributed by atoms with Gasteiger partial charge in [-0.1, -0.05) is 12.8 Å². The van der Waals surface area contributed by atoms with Crippen LogP contribution in [0.1, 0.15) is 36.0 Å². The number of carboxylic acid groups (broad SMARTS) is 1. The van der Waals surface area contributed by atoms with E-state index in [0.717, 1.165) is 19.3 Å². The Morgan fingerprint density at radius 3 is 2.85 bits per heavy atom. The summed E-state index contributed by atoms with van der Waals surface area (Å²) in [6, 6.07) is 3.38. The smallest absolute Gasteiger partial charge is 0.306 e. The zero-order valence-corrected chi connectivity index (χ0v) is 12.6. The highest BCUT2D eigenvalue weighted by molar-refractivity contribution is 9.10. The second-order valence-electron chi connectivity index (χ2n) is 5.04. The second-order valence-corrected chi connectivity index (χ2v) is 5.79. The van der Waals surface area contributed by atoms with E-state index in [4.69, 9.17) is 0 Å². The predicted molar refractivity (Wildman–Crippen MR) is 77.4 cm³/mol. The largest absolute Gasteiger partial charge is 0.481 e. The number of aliphatic carboxylic acids is 1. The van der Waals surface area contributed by atoms with Gasteiger partial charge in [0.25, 0.3) is 5.91 Å². The third-order valence-corrected chi connectivity index (χ3v) is 4.39. The highest BCUT2D eigenvalue weighted by Gasteiger charge is 2.30. The maximum Gasteiger partial charge on any atom is 0.306 e. The number of hydrogen-bond donors (Lipinski definition) is 2. The zero-order chi connectivity index (χ0) is 14.5. The third-order valence-electron chi connectivity index (χ3n) is 3.75. The summed E-state index contributed by atoms with van der Waals surface area (Å²) in [6.07, 6.45) is 5.14. The summed E-state index contributed by atoms with van der Waals surface area (Å²) >= 11 is 3.23. The lowest BCUT2D eigenvalue weighted by Gasteiger charge is -2.28. The minimum Gasteiger partial charge on any atom is -0.481 e. The van der Waals surface area contributed by atoms with E-state index in [1.54, 1.807) is 18.3 Å². The molecule has 0 aromatic carbocycles. The van der Waals surface area contributed by atoms with Crippen LogP contribution in [0, 0.1) is 11.8 Å². The van der Waals surface area contributed by atoms with E-state index in [-0.39, 0.29) is 17.7 Å². The quantitative estimate of drug-likeness (QED) is 0.825. The first-order valence-corrected chi connectivity index (χ1v) is 7.50. The van der Waals surface area contributed by atoms with Gasteiger partial charge < -0.3 is 10.4 Å². The number of aromatic nitrogens is 1. The highest BCUT2D eigenvalue weighted by Crippen LogP contribution is 2.29. The molecule has 1 fully saturated rings. The molecule has 20 heavy (non-hydrogen) atoms. The molecule has 6 heteroatoms. The molecule has 1 amide bonds. The molecule has 1 aliphatic rings. The number of carbonyl (C=O) groups is 2. The Morgan fingerprint density at radius 2 is 2.15 bits per heavy atom. The average Bonchev–Trinajstić information content (AvgIpc) is 2.45. The summed E-state index contributed by atoms with van der Waals surface area (Å²) in [5, 5.41) is 12.0. The lowest BCUT2D eigenvalue weighted by molar-refractivity contribution is -0.144. The van der Waals surface area contributed by atoms with Crippen LogP contribution >= 0.6 is 15.9 Å². The van der Waals surface area contributed by atoms with E-state index >= 15 is 0 Å². The molecule has 1 aromatic heterocycles. The lowest BCUT2D eigenvalue weighted by Crippen LogP contribution is -2.37. The minimum absolute atomic E-state index is 0.0145. The molecule has 1 saturated carbocycles. The SMILES string of the molecule is O=C(NCC1CCCCC1C(=O)O)c1cccnc1Br. The van der Waals surface area contributed by atoms with Gasteiger partial charge in [-0.25, -0.2) is 4.98 Å². The van der Waals surface area contributed by atoms with E-state index in [0.29, 0.717) is 23.1 Å². The van der Waals surface area contributed by atoms with Gasteiger partial charge in [0.2, 0.25) is 0 Å². The van der Waals surface area contributed by atoms with E-state index in [2.05, 4.69) is 26.2 Å². The van der Waals surface area contributed by atoms with Crippen LogP contribution in [0.3, 0.4) is 0 Å². The van der Waals surface area contributed by atoms with Gasteiger partial charge in [-0.2, -0.15) is 0 Å². The van der Waals surface area contributed by atoms with Gasteiger partial charge in [-0.15, -0.1) is 0 Å². The molecule has 2 rings (SSSR count). The van der Waals surface area contributed by atoms with Crippen LogP contribution in [0.4, 0.5) is 0 Å². The summed E-state index contributed by atoms with van der Waals surface area (Å²) < 4.78 is 0.496. The summed E-state index contributed by atoms with van der Waals surface area (Å²) in [5.74, 6) is -1.31. The van der Waals surface area contributed by atoms with Crippen molar-refractivity contribution in [2.75, 3.05) is 6.54 Å². The summed E-state index contributed by atoms with van der Waals surface area (Å²) in [6.45, 7) is 0.400. The van der Waals surface area contributed by atoms with Crippen molar-refractivity contribution in [2.24, 2.45) is 11.8 Å². The van der Waals surface area contributed by atoms with Crippen molar-refractivity contribution < 1.29 is 14.7 Å². The molecule has 5 nitrogen and oxygen atoms in total. The molecule has 1 heterocycles. The number of hydrogen-bond acceptors (Lipinski definition) is 3. The number of pyridine rings is 1. The van der Waals surface area contributed by atoms with Gasteiger partial charge in [0.05, 0.1) is 11.5 Å². The topological polar surface area (TPSA) is 79.3 Å². The first kappa shape index (κ1) is 15.0. The van der Waals surface area contributed by atoms with Gasteiger partial charge in [0, 0.05) is 12.7 Å². The Bertz CT molecular complexity index is 507. The molecular formula is C14H17BrN2O3. The van der Waals surface area contributed by atoms with Crippen LogP contribution in [0.25, 0.3) is 0 Å². The van der Waals surface area contributed by atoms with Crippen molar-refractivity contribution in [1.29, 1.82) is 0 Å². The maximum atomic E-state index is 12.1. The Balaban J connectivity index is 1.95. The van der Waals surface area contributed by atoms with E-state index in [1.807, 2.05) is 0 Å². The standard InChI is InChI=1S/C14H17BrN2O3/c15-12-11(6-3-7-16-12)13(18)17-8-9-4-1-2-5-10(9)14(19)20/h3,6-7,9-10H,1-2,4-5,8H2,(H,17,18)(H,19,20). The molecule has 0 bridgehead atoms. The molecule has 0 spiro atoms. The number of carboxylic acids is 1. The molecule has 1 aliphatic carbocycles. The zero-order valence-electron chi connectivity index (χ0n) is 11.0. The molecule has 0 saturated heterocycles. The Labute approximate surface area is 125 Å². The summed E-state index contributed by atoms with van der Waals surface area (Å²) in [4.78, 5) is 27.3. The van der Waals surface area contributed by atoms with Gasteiger partial charge in [0.1, 0.15) is 4.60 Å². The number of carbonyl (C=O) groups excluding carboxylic acids is 1. The monoisotopic (exact) mass is 340 g/mol. The maximum absolute atomic E-state index is 12.1. The molecule has 1 aromatic rings. The van der Waals surface area contributed by atoms with Crippen molar-refractivity contribution in [1.82, 2.24) is 10.3 Å². The van der Waals surface area contributed by atoms with Crippen molar-refractivity contribution in [3.63, 3.8) is 0 Å². The number of halogens is 1. The van der Waals surface area contributed by atoms with Crippen LogP contribution in [0.5, 0.6) is 0 Å². The average molecular weight is 341 g/mol. The van der Waals surface area contributed by atoms with Gasteiger partial charge in [-0.05, 0) is 46.8 Å². The van der Waals surface area contributed by atoms with Gasteiger partial charge >= 0.3 is 5.97 Å². The number of amides is 1. The fraction of sp³-hybridized carbons (Fsp3) is 0.500. The van der Waals surface area contributed by atoms with Crippen LogP contribution in [-0.2, 0) is 4.79 Å². The van der Waals surface area contributed by atoms with E-state index in [1.165, 1.54) is 0 Å². The summed E-state index contributed by atoms with van der Waals surface area (Å²) in [5.41, 5.74) is 0.468. The van der Waals surface area contributed by atoms with Crippen molar-refractivity contribution in [2.45, 2.75) is 25.7 Å². The second kappa shape index (κ2) is 6.83. The number of rotatable bonds is 4. The predicted octanol–water partition coefficient (Wildman–Crippen LogP) is 2.46. The van der Waals surface area contributed by atoms with Crippen molar-refractivity contribution in [3.8, 4) is 0 Å². The van der Waals surface area contributed by atoms with Crippen LogP contribution in [0.15, 0.2) is 22.9 Å². The van der Waals surface area contributed by atoms with Crippen LogP contribution in [-0.4, -0.2) is 28.5 Å². The first-order valence-electron chi connectivity index (χ1n) is 6.71. The molecule has 2 unspecified atom stereocenters. The molecule has 2 N–H and O–H groups in total. The highest BCUT2D eigenvalue weighted by atomic mass is 79.9. The Kier molecular flexibility index (Phi) is 5.11. The molecule has 2 atom stereocenters. The summed E-state index contributed by atoms with van der Waals surface area (Å²) in [7, 11) is 0. The van der Waals surface area contributed by atoms with Gasteiger partial charge in [-0.3, -0.25) is 9.59 Å². The van der Waals surface area contributed by atoms with Gasteiger partial charge in [0.15, 0.2) is 0 Å². The van der Waals surface area contributed by atoms with Crippen LogP contribution in [0.2, 0.25) is 0 Å². The van der Waals surface area contributed by atoms with Crippen molar-refractivity contribution in [3.05, 3.63) is 28.5 Å². The van der Waals surface area contributed by atoms with Crippen molar-refractivity contribution >= 4 is 27.8 Å². The fourth-order valence-electron chi connectivity index (χ4n) is 2.65. The van der Waals surface area contributed by atoms with E-state index in [9.17, 15) is 14.7 Å². The lowest BCUT2D eigenvalue weighted by atomic mass is 9.79. The Hall–Kier alpha value is -1.43. The molecule has 0 aliphatic heterocycles. The molecular weight excluding hydrogens is 324 g/mol. The van der Waals surface area contributed by atoms with E-state index < -0.39 is 5.97 Å². The van der Waals surface area contributed by atoms with Crippen LogP contribution < -0.4 is 5.32 Å². The normalized spacial score (nSPS) is 22.2. The fourth-order valence-corrected chi connectivity index (χ4v) is 3.08. The minimum atomic E-state index is -0.758. The number of nitrogens with zero attached hydrogens (tertiary/aromatic N) is 1. The molecule has 0 radical (unpaired) electrons. The molecule has 108 valence electrons. The Morgan fingerprint density at radius 1 is 1.40 bits per heavy atom.